The van der Waals surface area contributed by atoms with Crippen molar-refractivity contribution >= 4 is 11.4 Å². The Morgan fingerprint density at radius 3 is 2.79 bits per heavy atom. The number of hydrogen-bond acceptors (Lipinski definition) is 4. The van der Waals surface area contributed by atoms with E-state index in [0.717, 1.165) is 0 Å². The number of nitrogen functional groups attached to an aromatic ring is 1. The first-order valence-corrected chi connectivity index (χ1v) is 4.41. The topological polar surface area (TPSA) is 85.1 Å². The van der Waals surface area contributed by atoms with Crippen molar-refractivity contribution in [3.05, 3.63) is 23.8 Å². The lowest BCUT2D eigenvalue weighted by Gasteiger charge is -2.11. The van der Waals surface area contributed by atoms with Crippen molar-refractivity contribution in [2.24, 2.45) is 5.73 Å². The molecule has 14 heavy (non-hydrogen) atoms. The molecule has 0 radical (unpaired) electrons. The highest BCUT2D eigenvalue weighted by Crippen LogP contribution is 2.25. The minimum atomic E-state index is 0.419. The van der Waals surface area contributed by atoms with Crippen LogP contribution >= 0.6 is 0 Å². The molecule has 0 unspecified atom stereocenters. The van der Waals surface area contributed by atoms with E-state index in [0.29, 0.717) is 35.7 Å². The Balaban J connectivity index is 3.10. The van der Waals surface area contributed by atoms with Gasteiger partial charge in [0.1, 0.15) is 5.75 Å². The summed E-state index contributed by atoms with van der Waals surface area (Å²) in [5.74, 6) is 0.628. The Morgan fingerprint density at radius 1 is 1.50 bits per heavy atom. The van der Waals surface area contributed by atoms with Crippen LogP contribution in [0.1, 0.15) is 12.0 Å². The summed E-state index contributed by atoms with van der Waals surface area (Å²) in [4.78, 5) is 0. The van der Waals surface area contributed by atoms with Crippen molar-refractivity contribution in [3.63, 3.8) is 0 Å². The average molecular weight is 193 g/mol. The highest BCUT2D eigenvalue weighted by molar-refractivity contribution is 6.05. The van der Waals surface area contributed by atoms with Crippen LogP contribution in [-0.2, 0) is 0 Å². The molecule has 0 saturated carbocycles. The third-order valence-electron chi connectivity index (χ3n) is 1.97. The second-order valence-electron chi connectivity index (χ2n) is 2.94. The van der Waals surface area contributed by atoms with Gasteiger partial charge in [-0.05, 0) is 18.7 Å². The molecular weight excluding hydrogens is 178 g/mol. The lowest BCUT2D eigenvalue weighted by atomic mass is 10.0. The molecule has 0 heterocycles. The van der Waals surface area contributed by atoms with Gasteiger partial charge in [-0.3, -0.25) is 0 Å². The molecule has 4 nitrogen and oxygen atoms in total. The van der Waals surface area contributed by atoms with Crippen molar-refractivity contribution in [1.29, 1.82) is 5.41 Å². The number of ether oxygens (including phenoxy) is 1. The summed E-state index contributed by atoms with van der Waals surface area (Å²) in [5, 5.41) is 7.77. The van der Waals surface area contributed by atoms with Crippen molar-refractivity contribution in [3.8, 4) is 5.75 Å². The van der Waals surface area contributed by atoms with Gasteiger partial charge in [-0.2, -0.15) is 0 Å². The first kappa shape index (κ1) is 10.5. The number of benzene rings is 1. The van der Waals surface area contributed by atoms with Crippen LogP contribution in [0.2, 0.25) is 0 Å². The second kappa shape index (κ2) is 4.62. The number of nitrogens with two attached hydrogens (primary N) is 2. The quantitative estimate of drug-likeness (QED) is 0.492. The lowest BCUT2D eigenvalue weighted by Crippen LogP contribution is -2.11. The fourth-order valence-corrected chi connectivity index (χ4v) is 1.31. The minimum absolute atomic E-state index is 0.419. The molecule has 0 atom stereocenters. The van der Waals surface area contributed by atoms with E-state index in [4.69, 9.17) is 21.6 Å². The first-order chi connectivity index (χ1) is 6.70. The summed E-state index contributed by atoms with van der Waals surface area (Å²) in [7, 11) is 1.56. The number of rotatable bonds is 4. The summed E-state index contributed by atoms with van der Waals surface area (Å²) in [5.41, 5.74) is 12.8. The molecule has 4 heteroatoms. The molecule has 0 aromatic heterocycles. The van der Waals surface area contributed by atoms with E-state index >= 15 is 0 Å². The van der Waals surface area contributed by atoms with Gasteiger partial charge in [-0.15, -0.1) is 0 Å². The zero-order valence-electron chi connectivity index (χ0n) is 8.21. The molecule has 0 aliphatic heterocycles. The fourth-order valence-electron chi connectivity index (χ4n) is 1.31. The average Bonchev–Trinajstić information content (AvgIpc) is 2.17. The molecule has 0 saturated heterocycles. The SMILES string of the molecule is COc1cccc(N)c1C(=N)CCN. The molecular formula is C10H15N3O. The van der Waals surface area contributed by atoms with Crippen LogP contribution in [0.5, 0.6) is 5.75 Å². The Hall–Kier alpha value is -1.55. The third-order valence-corrected chi connectivity index (χ3v) is 1.97. The van der Waals surface area contributed by atoms with E-state index < -0.39 is 0 Å². The van der Waals surface area contributed by atoms with Crippen LogP contribution in [0.25, 0.3) is 0 Å². The summed E-state index contributed by atoms with van der Waals surface area (Å²) in [6, 6.07) is 5.34. The molecule has 0 amide bonds. The monoisotopic (exact) mass is 193 g/mol. The number of anilines is 1. The Bertz CT molecular complexity index is 336. The summed E-state index contributed by atoms with van der Waals surface area (Å²) < 4.78 is 5.13. The molecule has 1 aromatic carbocycles. The van der Waals surface area contributed by atoms with Crippen molar-refractivity contribution < 1.29 is 4.74 Å². The normalized spacial score (nSPS) is 9.86. The van der Waals surface area contributed by atoms with Crippen molar-refractivity contribution in [1.82, 2.24) is 0 Å². The highest BCUT2D eigenvalue weighted by atomic mass is 16.5. The maximum absolute atomic E-state index is 7.77. The van der Waals surface area contributed by atoms with Crippen molar-refractivity contribution in [2.45, 2.75) is 6.42 Å². The number of hydrogen-bond donors (Lipinski definition) is 3. The highest BCUT2D eigenvalue weighted by Gasteiger charge is 2.10. The molecule has 0 bridgehead atoms. The van der Waals surface area contributed by atoms with Gasteiger partial charge in [-0.25, -0.2) is 0 Å². The predicted molar refractivity (Wildman–Crippen MR) is 57.9 cm³/mol. The van der Waals surface area contributed by atoms with Crippen LogP contribution in [0.15, 0.2) is 18.2 Å². The van der Waals surface area contributed by atoms with E-state index in [2.05, 4.69) is 0 Å². The zero-order chi connectivity index (χ0) is 10.6. The van der Waals surface area contributed by atoms with E-state index in [1.165, 1.54) is 0 Å². The van der Waals surface area contributed by atoms with Gasteiger partial charge >= 0.3 is 0 Å². The molecule has 0 aliphatic rings. The molecule has 0 fully saturated rings. The van der Waals surface area contributed by atoms with Gasteiger partial charge in [0.25, 0.3) is 0 Å². The van der Waals surface area contributed by atoms with Gasteiger partial charge in [0.15, 0.2) is 0 Å². The van der Waals surface area contributed by atoms with E-state index in [1.54, 1.807) is 25.3 Å². The van der Waals surface area contributed by atoms with E-state index in [-0.39, 0.29) is 0 Å². The van der Waals surface area contributed by atoms with Crippen LogP contribution in [0.4, 0.5) is 5.69 Å². The van der Waals surface area contributed by atoms with Crippen LogP contribution < -0.4 is 16.2 Å². The zero-order valence-corrected chi connectivity index (χ0v) is 8.21. The Labute approximate surface area is 83.4 Å². The number of methoxy groups -OCH3 is 1. The molecule has 1 rings (SSSR count). The largest absolute Gasteiger partial charge is 0.496 e. The standard InChI is InChI=1S/C10H15N3O/c1-14-9-4-2-3-7(12)10(9)8(13)5-6-11/h2-4,13H,5-6,11-12H2,1H3. The smallest absolute Gasteiger partial charge is 0.129 e. The van der Waals surface area contributed by atoms with Gasteiger partial charge in [0.05, 0.1) is 12.7 Å². The summed E-state index contributed by atoms with van der Waals surface area (Å²) in [6.07, 6.45) is 0.505. The summed E-state index contributed by atoms with van der Waals surface area (Å²) >= 11 is 0. The van der Waals surface area contributed by atoms with Crippen molar-refractivity contribution in [2.75, 3.05) is 19.4 Å². The Kier molecular flexibility index (Phi) is 3.48. The molecule has 76 valence electrons. The molecule has 0 aliphatic carbocycles. The molecule has 5 N–H and O–H groups in total. The molecule has 0 spiro atoms. The lowest BCUT2D eigenvalue weighted by molar-refractivity contribution is 0.414. The van der Waals surface area contributed by atoms with E-state index in [1.807, 2.05) is 0 Å². The summed E-state index contributed by atoms with van der Waals surface area (Å²) in [6.45, 7) is 0.441. The molecule has 1 aromatic rings. The van der Waals surface area contributed by atoms with Gasteiger partial charge in [0, 0.05) is 17.8 Å². The van der Waals surface area contributed by atoms with Crippen LogP contribution in [0.3, 0.4) is 0 Å². The van der Waals surface area contributed by atoms with Gasteiger partial charge in [0.2, 0.25) is 0 Å². The van der Waals surface area contributed by atoms with Gasteiger partial charge in [-0.1, -0.05) is 6.07 Å². The Morgan fingerprint density at radius 2 is 2.21 bits per heavy atom. The maximum atomic E-state index is 7.77. The second-order valence-corrected chi connectivity index (χ2v) is 2.94. The van der Waals surface area contributed by atoms with Gasteiger partial charge < -0.3 is 21.6 Å². The van der Waals surface area contributed by atoms with Crippen LogP contribution in [0, 0.1) is 5.41 Å². The fraction of sp³-hybridized carbons (Fsp3) is 0.300. The third kappa shape index (κ3) is 2.03. The number of nitrogens with one attached hydrogen (secondary N) is 1. The maximum Gasteiger partial charge on any atom is 0.129 e. The first-order valence-electron chi connectivity index (χ1n) is 4.41. The van der Waals surface area contributed by atoms with Crippen LogP contribution in [-0.4, -0.2) is 19.4 Å². The minimum Gasteiger partial charge on any atom is -0.496 e. The van der Waals surface area contributed by atoms with E-state index in [9.17, 15) is 0 Å². The predicted octanol–water partition coefficient (Wildman–Crippen LogP) is 0.994.